The molecule has 0 aliphatic carbocycles. The molecule has 154 valence electrons. The first kappa shape index (κ1) is 23.0. The minimum Gasteiger partial charge on any atom is -0.379 e. The van der Waals surface area contributed by atoms with Crippen LogP contribution >= 0.6 is 0 Å². The average Bonchev–Trinajstić information content (AvgIpc) is 2.55. The van der Waals surface area contributed by atoms with E-state index in [4.69, 9.17) is 4.74 Å². The smallest absolute Gasteiger partial charge is 0.379 e. The third-order valence-corrected chi connectivity index (χ3v) is 4.27. The SMILES string of the molecule is CN=C(NCCN(C)CC(F)(F)F)NCC(CC(C)C)N1CCOCC1. The number of likely N-dealkylation sites (N-methyl/N-ethyl adjacent to an activating group) is 1. The molecule has 1 aliphatic heterocycles. The quantitative estimate of drug-likeness (QED) is 0.467. The van der Waals surface area contributed by atoms with Gasteiger partial charge in [-0.05, 0) is 19.4 Å². The summed E-state index contributed by atoms with van der Waals surface area (Å²) in [6, 6.07) is 0.380. The van der Waals surface area contributed by atoms with Gasteiger partial charge in [0.1, 0.15) is 0 Å². The van der Waals surface area contributed by atoms with Crippen LogP contribution < -0.4 is 10.6 Å². The maximum atomic E-state index is 12.3. The Balaban J connectivity index is 2.39. The fourth-order valence-electron chi connectivity index (χ4n) is 3.03. The Kier molecular flexibility index (Phi) is 10.3. The van der Waals surface area contributed by atoms with Gasteiger partial charge in [-0.3, -0.25) is 14.8 Å². The summed E-state index contributed by atoms with van der Waals surface area (Å²) in [6.45, 7) is 8.30. The second-order valence-electron chi connectivity index (χ2n) is 7.16. The van der Waals surface area contributed by atoms with Gasteiger partial charge in [0.2, 0.25) is 0 Å². The van der Waals surface area contributed by atoms with E-state index in [1.165, 1.54) is 11.9 Å². The standard InChI is InChI=1S/C17H34F3N5O/c1-14(2)11-15(25-7-9-26-10-8-25)12-23-16(21-3)22-5-6-24(4)13-17(18,19)20/h14-15H,5-13H2,1-4H3,(H2,21,22,23). The summed E-state index contributed by atoms with van der Waals surface area (Å²) in [5.74, 6) is 1.20. The van der Waals surface area contributed by atoms with E-state index in [1.807, 2.05) is 0 Å². The van der Waals surface area contributed by atoms with Gasteiger partial charge < -0.3 is 15.4 Å². The topological polar surface area (TPSA) is 52.1 Å². The van der Waals surface area contributed by atoms with Crippen LogP contribution in [-0.2, 0) is 4.74 Å². The van der Waals surface area contributed by atoms with Gasteiger partial charge in [-0.2, -0.15) is 13.2 Å². The van der Waals surface area contributed by atoms with Crippen molar-refractivity contribution in [1.29, 1.82) is 0 Å². The number of halogens is 3. The molecule has 26 heavy (non-hydrogen) atoms. The molecule has 2 N–H and O–H groups in total. The normalized spacial score (nSPS) is 18.4. The molecule has 1 saturated heterocycles. The fourth-order valence-corrected chi connectivity index (χ4v) is 3.03. The summed E-state index contributed by atoms with van der Waals surface area (Å²) in [5, 5.41) is 6.39. The van der Waals surface area contributed by atoms with Crippen molar-refractivity contribution in [1.82, 2.24) is 20.4 Å². The maximum Gasteiger partial charge on any atom is 0.401 e. The zero-order valence-electron chi connectivity index (χ0n) is 16.4. The number of nitrogens with zero attached hydrogens (tertiary/aromatic N) is 3. The highest BCUT2D eigenvalue weighted by molar-refractivity contribution is 5.79. The molecule has 0 amide bonds. The number of rotatable bonds is 9. The van der Waals surface area contributed by atoms with Gasteiger partial charge in [-0.25, -0.2) is 0 Å². The summed E-state index contributed by atoms with van der Waals surface area (Å²) in [5.41, 5.74) is 0. The van der Waals surface area contributed by atoms with Crippen LogP contribution in [0.2, 0.25) is 0 Å². The molecule has 0 radical (unpaired) electrons. The van der Waals surface area contributed by atoms with Gasteiger partial charge in [0.25, 0.3) is 0 Å². The lowest BCUT2D eigenvalue weighted by molar-refractivity contribution is -0.142. The van der Waals surface area contributed by atoms with Gasteiger partial charge in [-0.15, -0.1) is 0 Å². The van der Waals surface area contributed by atoms with E-state index in [0.717, 1.165) is 39.3 Å². The van der Waals surface area contributed by atoms with E-state index in [9.17, 15) is 13.2 Å². The lowest BCUT2D eigenvalue weighted by Crippen LogP contribution is -2.51. The largest absolute Gasteiger partial charge is 0.401 e. The number of nitrogens with one attached hydrogen (secondary N) is 2. The molecular formula is C17H34F3N5O. The van der Waals surface area contributed by atoms with E-state index in [-0.39, 0.29) is 0 Å². The molecule has 1 atom stereocenters. The molecule has 1 unspecified atom stereocenters. The summed E-state index contributed by atoms with van der Waals surface area (Å²) < 4.78 is 42.4. The van der Waals surface area contributed by atoms with E-state index in [1.54, 1.807) is 7.05 Å². The zero-order chi connectivity index (χ0) is 19.6. The lowest BCUT2D eigenvalue weighted by atomic mass is 10.0. The number of guanidine groups is 1. The second-order valence-corrected chi connectivity index (χ2v) is 7.16. The van der Waals surface area contributed by atoms with Crippen molar-refractivity contribution in [3.63, 3.8) is 0 Å². The molecule has 9 heteroatoms. The van der Waals surface area contributed by atoms with Crippen LogP contribution in [0.3, 0.4) is 0 Å². The predicted molar refractivity (Wildman–Crippen MR) is 98.6 cm³/mol. The van der Waals surface area contributed by atoms with Crippen LogP contribution in [0.5, 0.6) is 0 Å². The Morgan fingerprint density at radius 2 is 1.88 bits per heavy atom. The average molecular weight is 381 g/mol. The van der Waals surface area contributed by atoms with Crippen molar-refractivity contribution in [2.45, 2.75) is 32.5 Å². The summed E-state index contributed by atoms with van der Waals surface area (Å²) >= 11 is 0. The van der Waals surface area contributed by atoms with Crippen LogP contribution in [0.15, 0.2) is 4.99 Å². The number of hydrogen-bond donors (Lipinski definition) is 2. The predicted octanol–water partition coefficient (Wildman–Crippen LogP) is 1.39. The molecule has 6 nitrogen and oxygen atoms in total. The van der Waals surface area contributed by atoms with Gasteiger partial charge in [0.15, 0.2) is 5.96 Å². The fraction of sp³-hybridized carbons (Fsp3) is 0.941. The molecule has 1 fully saturated rings. The van der Waals surface area contributed by atoms with Gasteiger partial charge in [0.05, 0.1) is 19.8 Å². The molecule has 0 aromatic rings. The van der Waals surface area contributed by atoms with Crippen LogP contribution in [0, 0.1) is 5.92 Å². The van der Waals surface area contributed by atoms with Crippen LogP contribution in [0.1, 0.15) is 20.3 Å². The molecule has 0 saturated carbocycles. The molecule has 0 spiro atoms. The Bertz CT molecular complexity index is 412. The first-order valence-electron chi connectivity index (χ1n) is 9.23. The third kappa shape index (κ3) is 10.2. The van der Waals surface area contributed by atoms with Crippen LogP contribution in [0.4, 0.5) is 13.2 Å². The number of morpholine rings is 1. The van der Waals surface area contributed by atoms with Crippen LogP contribution in [0.25, 0.3) is 0 Å². The minimum atomic E-state index is -4.17. The third-order valence-electron chi connectivity index (χ3n) is 4.27. The summed E-state index contributed by atoms with van der Waals surface area (Å²) in [7, 11) is 3.13. The van der Waals surface area contributed by atoms with Crippen LogP contribution in [-0.4, -0.2) is 94.6 Å². The van der Waals surface area contributed by atoms with E-state index in [2.05, 4.69) is 34.4 Å². The highest BCUT2D eigenvalue weighted by Gasteiger charge is 2.28. The number of aliphatic imine (C=N–C) groups is 1. The Morgan fingerprint density at radius 3 is 2.42 bits per heavy atom. The maximum absolute atomic E-state index is 12.3. The summed E-state index contributed by atoms with van der Waals surface area (Å²) in [6.07, 6.45) is -3.10. The first-order chi connectivity index (χ1) is 12.2. The second kappa shape index (κ2) is 11.6. The number of alkyl halides is 3. The lowest BCUT2D eigenvalue weighted by Gasteiger charge is -2.35. The molecule has 0 aromatic carbocycles. The first-order valence-corrected chi connectivity index (χ1v) is 9.23. The van der Waals surface area contributed by atoms with Crippen molar-refractivity contribution >= 4 is 5.96 Å². The van der Waals surface area contributed by atoms with Crippen molar-refractivity contribution in [2.75, 3.05) is 66.6 Å². The Labute approximate surface area is 155 Å². The summed E-state index contributed by atoms with van der Waals surface area (Å²) in [4.78, 5) is 7.84. The highest BCUT2D eigenvalue weighted by atomic mass is 19.4. The van der Waals surface area contributed by atoms with E-state index < -0.39 is 12.7 Å². The Hall–Kier alpha value is -1.06. The molecule has 1 heterocycles. The molecule has 0 aromatic heterocycles. The van der Waals surface area contributed by atoms with Gasteiger partial charge in [-0.1, -0.05) is 13.8 Å². The van der Waals surface area contributed by atoms with Gasteiger partial charge >= 0.3 is 6.18 Å². The van der Waals surface area contributed by atoms with Crippen molar-refractivity contribution in [2.24, 2.45) is 10.9 Å². The van der Waals surface area contributed by atoms with Crippen molar-refractivity contribution in [3.05, 3.63) is 0 Å². The molecule has 1 rings (SSSR count). The monoisotopic (exact) mass is 381 g/mol. The number of ether oxygens (including phenoxy) is 1. The van der Waals surface area contributed by atoms with Crippen molar-refractivity contribution < 1.29 is 17.9 Å². The molecule has 1 aliphatic rings. The van der Waals surface area contributed by atoms with Gasteiger partial charge in [0, 0.05) is 45.8 Å². The molecule has 0 bridgehead atoms. The van der Waals surface area contributed by atoms with E-state index in [0.29, 0.717) is 31.0 Å². The Morgan fingerprint density at radius 1 is 1.23 bits per heavy atom. The zero-order valence-corrected chi connectivity index (χ0v) is 16.4. The highest BCUT2D eigenvalue weighted by Crippen LogP contribution is 2.15. The minimum absolute atomic E-state index is 0.291. The number of hydrogen-bond acceptors (Lipinski definition) is 4. The van der Waals surface area contributed by atoms with Crippen molar-refractivity contribution in [3.8, 4) is 0 Å². The van der Waals surface area contributed by atoms with E-state index >= 15 is 0 Å². The molecular weight excluding hydrogens is 347 g/mol.